The van der Waals surface area contributed by atoms with Crippen LogP contribution in [-0.4, -0.2) is 0 Å². The highest BCUT2D eigenvalue weighted by Gasteiger charge is 2.12. The van der Waals surface area contributed by atoms with Crippen LogP contribution in [0.1, 0.15) is 20.8 Å². The highest BCUT2D eigenvalue weighted by molar-refractivity contribution is 9.09. The smallest absolute Gasteiger partial charge is 0.0532 e. The van der Waals surface area contributed by atoms with Crippen molar-refractivity contribution in [3.8, 4) is 0 Å². The molecular weight excluding hydrogens is 276 g/mol. The van der Waals surface area contributed by atoms with Gasteiger partial charge in [-0.2, -0.15) is 11.3 Å². The van der Waals surface area contributed by atoms with Crippen LogP contribution in [0.25, 0.3) is 0 Å². The first-order chi connectivity index (χ1) is 6.77. The van der Waals surface area contributed by atoms with Gasteiger partial charge in [-0.3, -0.25) is 0 Å². The second-order valence-electron chi connectivity index (χ2n) is 3.27. The summed E-state index contributed by atoms with van der Waals surface area (Å²) >= 11 is 7.35. The molecule has 0 saturated heterocycles. The number of hydrogen-bond acceptors (Lipinski definition) is 2. The molecule has 0 saturated carbocycles. The number of alkyl halides is 1. The Bertz CT molecular complexity index is 389. The van der Waals surface area contributed by atoms with Crippen LogP contribution < -0.4 is 0 Å². The fourth-order valence-electron chi connectivity index (χ4n) is 1.41. The van der Waals surface area contributed by atoms with Gasteiger partial charge in [0.15, 0.2) is 0 Å². The SMILES string of the molecule is Cc1ccsc1C(Br)Cc1ccsc1. The maximum atomic E-state index is 3.75. The quantitative estimate of drug-likeness (QED) is 0.711. The van der Waals surface area contributed by atoms with Crippen molar-refractivity contribution in [1.82, 2.24) is 0 Å². The molecule has 0 N–H and O–H groups in total. The van der Waals surface area contributed by atoms with E-state index in [0.29, 0.717) is 4.83 Å². The minimum Gasteiger partial charge on any atom is -0.152 e. The standard InChI is InChI=1S/C11H11BrS2/c1-8-2-5-14-11(8)10(12)6-9-3-4-13-7-9/h2-5,7,10H,6H2,1H3. The third kappa shape index (κ3) is 2.27. The lowest BCUT2D eigenvalue weighted by atomic mass is 10.1. The molecule has 2 aromatic rings. The average Bonchev–Trinajstić information content (AvgIpc) is 2.75. The van der Waals surface area contributed by atoms with Gasteiger partial charge in [-0.1, -0.05) is 15.9 Å². The maximum Gasteiger partial charge on any atom is 0.0532 e. The number of rotatable bonds is 3. The lowest BCUT2D eigenvalue weighted by Crippen LogP contribution is -1.92. The van der Waals surface area contributed by atoms with Crippen LogP contribution in [0.15, 0.2) is 28.3 Å². The molecule has 14 heavy (non-hydrogen) atoms. The topological polar surface area (TPSA) is 0 Å². The highest BCUT2D eigenvalue weighted by Crippen LogP contribution is 2.33. The van der Waals surface area contributed by atoms with Crippen LogP contribution in [0.3, 0.4) is 0 Å². The van der Waals surface area contributed by atoms with Crippen LogP contribution in [0.2, 0.25) is 0 Å². The summed E-state index contributed by atoms with van der Waals surface area (Å²) < 4.78 is 0. The summed E-state index contributed by atoms with van der Waals surface area (Å²) in [5, 5.41) is 6.51. The van der Waals surface area contributed by atoms with E-state index in [1.807, 2.05) is 11.3 Å². The summed E-state index contributed by atoms with van der Waals surface area (Å²) in [6.45, 7) is 2.17. The van der Waals surface area contributed by atoms with E-state index in [1.54, 1.807) is 11.3 Å². The third-order valence-electron chi connectivity index (χ3n) is 2.18. The molecule has 1 unspecified atom stereocenters. The molecule has 74 valence electrons. The second kappa shape index (κ2) is 4.60. The molecule has 0 amide bonds. The largest absolute Gasteiger partial charge is 0.152 e. The Balaban J connectivity index is 2.10. The molecule has 0 nitrogen and oxygen atoms in total. The summed E-state index contributed by atoms with van der Waals surface area (Å²) in [5.41, 5.74) is 2.82. The first-order valence-corrected chi connectivity index (χ1v) is 7.20. The van der Waals surface area contributed by atoms with Crippen LogP contribution in [0.4, 0.5) is 0 Å². The molecule has 3 heteroatoms. The fraction of sp³-hybridized carbons (Fsp3) is 0.273. The number of hydrogen-bond donors (Lipinski definition) is 0. The van der Waals surface area contributed by atoms with Crippen LogP contribution in [0, 0.1) is 6.92 Å². The first kappa shape index (κ1) is 10.4. The van der Waals surface area contributed by atoms with Gasteiger partial charge in [0, 0.05) is 4.88 Å². The van der Waals surface area contributed by atoms with Crippen molar-refractivity contribution in [3.05, 3.63) is 44.3 Å². The van der Waals surface area contributed by atoms with Gasteiger partial charge >= 0.3 is 0 Å². The van der Waals surface area contributed by atoms with Gasteiger partial charge < -0.3 is 0 Å². The molecule has 0 bridgehead atoms. The Hall–Kier alpha value is -0.120. The van der Waals surface area contributed by atoms with Crippen LogP contribution >= 0.6 is 38.6 Å². The molecule has 0 radical (unpaired) electrons. The van der Waals surface area contributed by atoms with Gasteiger partial charge in [0.25, 0.3) is 0 Å². The lowest BCUT2D eigenvalue weighted by molar-refractivity contribution is 0.967. The zero-order valence-electron chi connectivity index (χ0n) is 7.87. The first-order valence-electron chi connectivity index (χ1n) is 4.46. The molecule has 0 spiro atoms. The van der Waals surface area contributed by atoms with Crippen molar-refractivity contribution in [3.63, 3.8) is 0 Å². The molecule has 0 aliphatic heterocycles. The van der Waals surface area contributed by atoms with E-state index >= 15 is 0 Å². The zero-order chi connectivity index (χ0) is 9.97. The Kier molecular flexibility index (Phi) is 3.42. The van der Waals surface area contributed by atoms with Crippen molar-refractivity contribution >= 4 is 38.6 Å². The van der Waals surface area contributed by atoms with Gasteiger partial charge in [0.1, 0.15) is 0 Å². The van der Waals surface area contributed by atoms with Crippen molar-refractivity contribution < 1.29 is 0 Å². The molecule has 2 heterocycles. The zero-order valence-corrected chi connectivity index (χ0v) is 11.1. The van der Waals surface area contributed by atoms with Crippen LogP contribution in [-0.2, 0) is 6.42 Å². The molecule has 2 rings (SSSR count). The normalized spacial score (nSPS) is 13.0. The van der Waals surface area contributed by atoms with Gasteiger partial charge in [-0.05, 0) is 52.7 Å². The summed E-state index contributed by atoms with van der Waals surface area (Å²) in [6, 6.07) is 4.38. The highest BCUT2D eigenvalue weighted by atomic mass is 79.9. The minimum absolute atomic E-state index is 0.470. The van der Waals surface area contributed by atoms with Crippen molar-refractivity contribution in [1.29, 1.82) is 0 Å². The van der Waals surface area contributed by atoms with E-state index in [0.717, 1.165) is 6.42 Å². The molecule has 0 aliphatic rings. The molecule has 1 atom stereocenters. The maximum absolute atomic E-state index is 3.75. The summed E-state index contributed by atoms with van der Waals surface area (Å²) in [7, 11) is 0. The van der Waals surface area contributed by atoms with E-state index in [-0.39, 0.29) is 0 Å². The predicted molar refractivity (Wildman–Crippen MR) is 68.7 cm³/mol. The molecule has 0 fully saturated rings. The minimum atomic E-state index is 0.470. The Morgan fingerprint density at radius 3 is 2.79 bits per heavy atom. The van der Waals surface area contributed by atoms with Gasteiger partial charge in [-0.15, -0.1) is 11.3 Å². The predicted octanol–water partition coefficient (Wildman–Crippen LogP) is 4.80. The van der Waals surface area contributed by atoms with Gasteiger partial charge in [0.05, 0.1) is 4.83 Å². The average molecular weight is 287 g/mol. The number of aryl methyl sites for hydroxylation is 1. The molecule has 0 aromatic carbocycles. The number of halogens is 1. The lowest BCUT2D eigenvalue weighted by Gasteiger charge is -2.07. The second-order valence-corrected chi connectivity index (χ2v) is 6.10. The van der Waals surface area contributed by atoms with E-state index in [9.17, 15) is 0 Å². The Morgan fingerprint density at radius 2 is 2.21 bits per heavy atom. The Labute approximate surface area is 101 Å². The Morgan fingerprint density at radius 1 is 1.36 bits per heavy atom. The monoisotopic (exact) mass is 286 g/mol. The van der Waals surface area contributed by atoms with Gasteiger partial charge in [0.2, 0.25) is 0 Å². The summed E-state index contributed by atoms with van der Waals surface area (Å²) in [4.78, 5) is 1.92. The molecule has 0 aliphatic carbocycles. The van der Waals surface area contributed by atoms with Crippen molar-refractivity contribution in [2.75, 3.05) is 0 Å². The third-order valence-corrected chi connectivity index (χ3v) is 5.13. The summed E-state index contributed by atoms with van der Waals surface area (Å²) in [6.07, 6.45) is 1.09. The van der Waals surface area contributed by atoms with Gasteiger partial charge in [-0.25, -0.2) is 0 Å². The van der Waals surface area contributed by atoms with E-state index in [2.05, 4.69) is 51.1 Å². The number of thiophene rings is 2. The van der Waals surface area contributed by atoms with Crippen LogP contribution in [0.5, 0.6) is 0 Å². The van der Waals surface area contributed by atoms with E-state index in [1.165, 1.54) is 16.0 Å². The van der Waals surface area contributed by atoms with E-state index < -0.39 is 0 Å². The van der Waals surface area contributed by atoms with Crippen molar-refractivity contribution in [2.45, 2.75) is 18.2 Å². The molecular formula is C11H11BrS2. The fourth-order valence-corrected chi connectivity index (χ4v) is 4.06. The van der Waals surface area contributed by atoms with E-state index in [4.69, 9.17) is 0 Å². The van der Waals surface area contributed by atoms with Crippen molar-refractivity contribution in [2.24, 2.45) is 0 Å². The summed E-state index contributed by atoms with van der Waals surface area (Å²) in [5.74, 6) is 0. The molecule has 2 aromatic heterocycles.